The van der Waals surface area contributed by atoms with Crippen LogP contribution < -0.4 is 14.5 Å². The Bertz CT molecular complexity index is 611. The third-order valence-corrected chi connectivity index (χ3v) is 3.62. The fourth-order valence-corrected chi connectivity index (χ4v) is 2.47. The van der Waals surface area contributed by atoms with E-state index in [1.54, 1.807) is 19.5 Å². The van der Waals surface area contributed by atoms with E-state index >= 15 is 0 Å². The lowest BCUT2D eigenvalue weighted by Gasteiger charge is -2.36. The largest absolute Gasteiger partial charge is 0.497 e. The van der Waals surface area contributed by atoms with E-state index in [-0.39, 0.29) is 0 Å². The average Bonchev–Trinajstić information content (AvgIpc) is 2.55. The number of rotatable bonds is 3. The zero-order valence-electron chi connectivity index (χ0n) is 12.4. The number of hydrogen-bond donors (Lipinski definition) is 0. The van der Waals surface area contributed by atoms with Crippen molar-refractivity contribution in [3.63, 3.8) is 0 Å². The molecule has 110 valence electrons. The molecule has 3 rings (SSSR count). The number of hydrogen-bond acceptors (Lipinski definition) is 6. The third kappa shape index (κ3) is 3.04. The normalized spacial score (nSPS) is 15.1. The van der Waals surface area contributed by atoms with Gasteiger partial charge in [0.2, 0.25) is 0 Å². The van der Waals surface area contributed by atoms with Crippen molar-refractivity contribution in [3.8, 4) is 5.75 Å². The van der Waals surface area contributed by atoms with Crippen LogP contribution in [0.3, 0.4) is 0 Å². The maximum absolute atomic E-state index is 5.25. The number of methoxy groups -OCH3 is 1. The highest BCUT2D eigenvalue weighted by Crippen LogP contribution is 2.20. The van der Waals surface area contributed by atoms with Crippen molar-refractivity contribution in [1.82, 2.24) is 15.0 Å². The molecule has 0 saturated carbocycles. The maximum Gasteiger partial charge on any atom is 0.147 e. The highest BCUT2D eigenvalue weighted by Gasteiger charge is 2.19. The zero-order valence-corrected chi connectivity index (χ0v) is 12.4. The molecule has 21 heavy (non-hydrogen) atoms. The first kappa shape index (κ1) is 13.6. The van der Waals surface area contributed by atoms with Gasteiger partial charge < -0.3 is 14.5 Å². The van der Waals surface area contributed by atoms with E-state index in [0.29, 0.717) is 0 Å². The summed E-state index contributed by atoms with van der Waals surface area (Å²) in [4.78, 5) is 17.7. The summed E-state index contributed by atoms with van der Waals surface area (Å²) >= 11 is 0. The van der Waals surface area contributed by atoms with Crippen molar-refractivity contribution in [1.29, 1.82) is 0 Å². The summed E-state index contributed by atoms with van der Waals surface area (Å²) in [6.45, 7) is 5.62. The van der Waals surface area contributed by atoms with Gasteiger partial charge in [-0.1, -0.05) is 0 Å². The van der Waals surface area contributed by atoms with Gasteiger partial charge in [0.25, 0.3) is 0 Å². The van der Waals surface area contributed by atoms with Crippen molar-refractivity contribution in [2.75, 3.05) is 43.1 Å². The highest BCUT2D eigenvalue weighted by atomic mass is 16.5. The predicted molar refractivity (Wildman–Crippen MR) is 82.0 cm³/mol. The Labute approximate surface area is 124 Å². The summed E-state index contributed by atoms with van der Waals surface area (Å²) in [5.41, 5.74) is 0.949. The molecule has 0 spiro atoms. The summed E-state index contributed by atoms with van der Waals surface area (Å²) in [7, 11) is 1.67. The second kappa shape index (κ2) is 5.95. The van der Waals surface area contributed by atoms with Crippen LogP contribution in [-0.2, 0) is 0 Å². The molecule has 1 aliphatic rings. The molecular weight excluding hydrogens is 266 g/mol. The quantitative estimate of drug-likeness (QED) is 0.852. The van der Waals surface area contributed by atoms with Gasteiger partial charge in [-0.15, -0.1) is 0 Å². The lowest BCUT2D eigenvalue weighted by atomic mass is 10.3. The Morgan fingerprint density at radius 3 is 2.43 bits per heavy atom. The SMILES string of the molecule is COc1ccnc(N2CCN(c3cncc(C)n3)CC2)c1. The van der Waals surface area contributed by atoms with Crippen molar-refractivity contribution >= 4 is 11.6 Å². The fourth-order valence-electron chi connectivity index (χ4n) is 2.47. The summed E-state index contributed by atoms with van der Waals surface area (Å²) < 4.78 is 5.25. The number of pyridine rings is 1. The molecule has 0 aliphatic carbocycles. The van der Waals surface area contributed by atoms with Gasteiger partial charge in [0.05, 0.1) is 19.0 Å². The van der Waals surface area contributed by atoms with Gasteiger partial charge in [-0.3, -0.25) is 4.98 Å². The molecule has 6 nitrogen and oxygen atoms in total. The molecule has 0 bridgehead atoms. The van der Waals surface area contributed by atoms with Gasteiger partial charge >= 0.3 is 0 Å². The molecule has 0 radical (unpaired) electrons. The monoisotopic (exact) mass is 285 g/mol. The molecule has 2 aromatic heterocycles. The first-order chi connectivity index (χ1) is 10.3. The topological polar surface area (TPSA) is 54.4 Å². The van der Waals surface area contributed by atoms with Crippen molar-refractivity contribution in [3.05, 3.63) is 36.4 Å². The van der Waals surface area contributed by atoms with Gasteiger partial charge in [-0.2, -0.15) is 0 Å². The molecule has 0 atom stereocenters. The molecule has 0 N–H and O–H groups in total. The molecule has 1 aliphatic heterocycles. The molecule has 0 unspecified atom stereocenters. The van der Waals surface area contributed by atoms with E-state index in [4.69, 9.17) is 4.74 Å². The van der Waals surface area contributed by atoms with Gasteiger partial charge in [0, 0.05) is 44.6 Å². The number of ether oxygens (including phenoxy) is 1. The summed E-state index contributed by atoms with van der Waals surface area (Å²) in [6, 6.07) is 3.84. The van der Waals surface area contributed by atoms with E-state index in [9.17, 15) is 0 Å². The smallest absolute Gasteiger partial charge is 0.147 e. The minimum atomic E-state index is 0.840. The van der Waals surface area contributed by atoms with E-state index in [1.807, 2.05) is 25.3 Å². The van der Waals surface area contributed by atoms with E-state index in [0.717, 1.165) is 49.3 Å². The molecule has 2 aromatic rings. The molecular formula is C15H19N5O. The van der Waals surface area contributed by atoms with Crippen LogP contribution >= 0.6 is 0 Å². The molecule has 3 heterocycles. The number of aryl methyl sites for hydroxylation is 1. The molecule has 0 aromatic carbocycles. The van der Waals surface area contributed by atoms with Gasteiger partial charge in [-0.05, 0) is 13.0 Å². The molecule has 0 amide bonds. The molecule has 6 heteroatoms. The van der Waals surface area contributed by atoms with Crippen molar-refractivity contribution in [2.24, 2.45) is 0 Å². The molecule has 1 saturated heterocycles. The Hall–Kier alpha value is -2.37. The number of nitrogens with zero attached hydrogens (tertiary/aromatic N) is 5. The first-order valence-corrected chi connectivity index (χ1v) is 7.05. The van der Waals surface area contributed by atoms with Gasteiger partial charge in [-0.25, -0.2) is 9.97 Å². The Morgan fingerprint density at radius 2 is 1.76 bits per heavy atom. The van der Waals surface area contributed by atoms with Crippen LogP contribution in [0.25, 0.3) is 0 Å². The van der Waals surface area contributed by atoms with Crippen LogP contribution in [0.1, 0.15) is 5.69 Å². The first-order valence-electron chi connectivity index (χ1n) is 7.05. The average molecular weight is 285 g/mol. The summed E-state index contributed by atoms with van der Waals surface area (Å²) in [5.74, 6) is 2.75. The lowest BCUT2D eigenvalue weighted by Crippen LogP contribution is -2.47. The highest BCUT2D eigenvalue weighted by molar-refractivity contribution is 5.46. The van der Waals surface area contributed by atoms with Crippen LogP contribution in [0.2, 0.25) is 0 Å². The van der Waals surface area contributed by atoms with E-state index in [2.05, 4.69) is 24.8 Å². The second-order valence-electron chi connectivity index (χ2n) is 5.05. The predicted octanol–water partition coefficient (Wildman–Crippen LogP) is 1.52. The fraction of sp³-hybridized carbons (Fsp3) is 0.400. The zero-order chi connectivity index (χ0) is 14.7. The van der Waals surface area contributed by atoms with Crippen LogP contribution in [0.4, 0.5) is 11.6 Å². The van der Waals surface area contributed by atoms with Crippen LogP contribution in [0, 0.1) is 6.92 Å². The van der Waals surface area contributed by atoms with Gasteiger partial charge in [0.15, 0.2) is 0 Å². The van der Waals surface area contributed by atoms with E-state index in [1.165, 1.54) is 0 Å². The van der Waals surface area contributed by atoms with Crippen LogP contribution in [0.15, 0.2) is 30.7 Å². The Kier molecular flexibility index (Phi) is 3.85. The number of piperazine rings is 1. The number of anilines is 2. The minimum absolute atomic E-state index is 0.840. The minimum Gasteiger partial charge on any atom is -0.497 e. The summed E-state index contributed by atoms with van der Waals surface area (Å²) in [5, 5.41) is 0. The Morgan fingerprint density at radius 1 is 1.05 bits per heavy atom. The third-order valence-electron chi connectivity index (χ3n) is 3.62. The van der Waals surface area contributed by atoms with Crippen molar-refractivity contribution < 1.29 is 4.74 Å². The Balaban J connectivity index is 1.67. The van der Waals surface area contributed by atoms with Crippen LogP contribution in [0.5, 0.6) is 5.75 Å². The van der Waals surface area contributed by atoms with Crippen molar-refractivity contribution in [2.45, 2.75) is 6.92 Å². The standard InChI is InChI=1S/C15H19N5O/c1-12-10-16-11-15(18-12)20-7-5-19(6-8-20)14-9-13(21-2)3-4-17-14/h3-4,9-11H,5-8H2,1-2H3. The second-order valence-corrected chi connectivity index (χ2v) is 5.05. The maximum atomic E-state index is 5.25. The van der Waals surface area contributed by atoms with Gasteiger partial charge in [0.1, 0.15) is 17.4 Å². The van der Waals surface area contributed by atoms with E-state index < -0.39 is 0 Å². The molecule has 1 fully saturated rings. The van der Waals surface area contributed by atoms with Crippen LogP contribution in [-0.4, -0.2) is 48.2 Å². The lowest BCUT2D eigenvalue weighted by molar-refractivity contribution is 0.414. The summed E-state index contributed by atoms with van der Waals surface area (Å²) in [6.07, 6.45) is 5.39. The number of aromatic nitrogens is 3.